The minimum absolute atomic E-state index is 0.492. The van der Waals surface area contributed by atoms with E-state index in [1.54, 1.807) is 0 Å². The van der Waals surface area contributed by atoms with Gasteiger partial charge in [0.1, 0.15) is 0 Å². The summed E-state index contributed by atoms with van der Waals surface area (Å²) in [7, 11) is 2.17. The third-order valence-electron chi connectivity index (χ3n) is 3.35. The average molecular weight is 345 g/mol. The van der Waals surface area contributed by atoms with Gasteiger partial charge in [-0.05, 0) is 47.3 Å². The van der Waals surface area contributed by atoms with Gasteiger partial charge in [-0.1, -0.05) is 12.1 Å². The van der Waals surface area contributed by atoms with E-state index in [9.17, 15) is 0 Å². The van der Waals surface area contributed by atoms with Crippen molar-refractivity contribution in [2.24, 2.45) is 5.73 Å². The molecule has 94 valence electrons. The molecule has 3 nitrogen and oxygen atoms in total. The Bertz CT molecular complexity index is 369. The zero-order valence-electron chi connectivity index (χ0n) is 10.3. The Balaban J connectivity index is 2.02. The molecule has 0 spiro atoms. The summed E-state index contributed by atoms with van der Waals surface area (Å²) in [5.41, 5.74) is 7.26. The van der Waals surface area contributed by atoms with E-state index in [0.29, 0.717) is 6.04 Å². The van der Waals surface area contributed by atoms with Gasteiger partial charge in [0.15, 0.2) is 0 Å². The number of nitrogens with two attached hydrogens (primary N) is 1. The van der Waals surface area contributed by atoms with Crippen LogP contribution in [-0.2, 0) is 6.54 Å². The van der Waals surface area contributed by atoms with Crippen LogP contribution in [-0.4, -0.2) is 49.1 Å². The van der Waals surface area contributed by atoms with Crippen molar-refractivity contribution in [3.05, 3.63) is 33.4 Å². The van der Waals surface area contributed by atoms with E-state index in [-0.39, 0.29) is 0 Å². The van der Waals surface area contributed by atoms with Crippen LogP contribution in [0, 0.1) is 3.57 Å². The first kappa shape index (κ1) is 13.3. The molecule has 1 unspecified atom stereocenters. The molecule has 0 saturated carbocycles. The van der Waals surface area contributed by atoms with Crippen LogP contribution in [0.5, 0.6) is 0 Å². The number of likely N-dealkylation sites (N-methyl/N-ethyl adjacent to an activating group) is 1. The molecular weight excluding hydrogens is 325 g/mol. The summed E-state index contributed by atoms with van der Waals surface area (Å²) in [5.74, 6) is 0. The van der Waals surface area contributed by atoms with Gasteiger partial charge >= 0.3 is 0 Å². The van der Waals surface area contributed by atoms with Crippen molar-refractivity contribution in [3.8, 4) is 0 Å². The molecule has 2 rings (SSSR count). The number of rotatable bonds is 3. The van der Waals surface area contributed by atoms with Crippen LogP contribution in [0.1, 0.15) is 5.56 Å². The second-order valence-electron chi connectivity index (χ2n) is 4.75. The largest absolute Gasteiger partial charge is 0.329 e. The Morgan fingerprint density at radius 1 is 1.41 bits per heavy atom. The number of nitrogens with zero attached hydrogens (tertiary/aromatic N) is 2. The summed E-state index contributed by atoms with van der Waals surface area (Å²) in [5, 5.41) is 0. The number of hydrogen-bond donors (Lipinski definition) is 1. The maximum atomic E-state index is 5.87. The van der Waals surface area contributed by atoms with E-state index < -0.39 is 0 Å². The molecule has 1 atom stereocenters. The van der Waals surface area contributed by atoms with Crippen LogP contribution in [0.4, 0.5) is 0 Å². The van der Waals surface area contributed by atoms with Gasteiger partial charge in [-0.15, -0.1) is 0 Å². The topological polar surface area (TPSA) is 32.5 Å². The number of benzene rings is 1. The predicted octanol–water partition coefficient (Wildman–Crippen LogP) is 1.37. The molecule has 1 aromatic rings. The molecule has 0 radical (unpaired) electrons. The van der Waals surface area contributed by atoms with Crippen molar-refractivity contribution in [2.45, 2.75) is 12.6 Å². The van der Waals surface area contributed by atoms with E-state index in [2.05, 4.69) is 63.7 Å². The summed E-state index contributed by atoms with van der Waals surface area (Å²) in [4.78, 5) is 4.87. The Morgan fingerprint density at radius 2 is 2.24 bits per heavy atom. The highest BCUT2D eigenvalue weighted by atomic mass is 127. The van der Waals surface area contributed by atoms with E-state index in [1.165, 1.54) is 9.13 Å². The maximum Gasteiger partial charge on any atom is 0.0349 e. The molecule has 0 amide bonds. The summed E-state index contributed by atoms with van der Waals surface area (Å²) in [6.45, 7) is 5.10. The Kier molecular flexibility index (Phi) is 4.78. The van der Waals surface area contributed by atoms with Crippen molar-refractivity contribution < 1.29 is 0 Å². The molecular formula is C13H20IN3. The SMILES string of the molecule is CN1CCN(Cc2cccc(I)c2)C(CN)C1. The summed E-state index contributed by atoms with van der Waals surface area (Å²) >= 11 is 2.37. The van der Waals surface area contributed by atoms with E-state index >= 15 is 0 Å². The molecule has 0 aromatic heterocycles. The van der Waals surface area contributed by atoms with Crippen LogP contribution in [0.15, 0.2) is 24.3 Å². The predicted molar refractivity (Wildman–Crippen MR) is 79.9 cm³/mol. The van der Waals surface area contributed by atoms with Crippen molar-refractivity contribution in [2.75, 3.05) is 33.2 Å². The molecule has 2 N–H and O–H groups in total. The molecule has 4 heteroatoms. The fourth-order valence-electron chi connectivity index (χ4n) is 2.35. The van der Waals surface area contributed by atoms with Gasteiger partial charge in [0.25, 0.3) is 0 Å². The zero-order valence-corrected chi connectivity index (χ0v) is 12.4. The number of halogens is 1. The third kappa shape index (κ3) is 3.64. The maximum absolute atomic E-state index is 5.87. The van der Waals surface area contributed by atoms with Gasteiger partial charge in [-0.2, -0.15) is 0 Å². The fourth-order valence-corrected chi connectivity index (χ4v) is 2.96. The summed E-state index contributed by atoms with van der Waals surface area (Å²) in [6.07, 6.45) is 0. The van der Waals surface area contributed by atoms with E-state index in [4.69, 9.17) is 5.73 Å². The van der Waals surface area contributed by atoms with Crippen LogP contribution in [0.2, 0.25) is 0 Å². The average Bonchev–Trinajstić information content (AvgIpc) is 2.31. The lowest BCUT2D eigenvalue weighted by Gasteiger charge is -2.39. The van der Waals surface area contributed by atoms with Gasteiger partial charge in [-0.3, -0.25) is 4.90 Å². The molecule has 0 aliphatic carbocycles. The third-order valence-corrected chi connectivity index (χ3v) is 4.03. The van der Waals surface area contributed by atoms with Crippen molar-refractivity contribution >= 4 is 22.6 Å². The Hall–Kier alpha value is -0.170. The smallest absolute Gasteiger partial charge is 0.0349 e. The highest BCUT2D eigenvalue weighted by Gasteiger charge is 2.23. The van der Waals surface area contributed by atoms with Crippen LogP contribution >= 0.6 is 22.6 Å². The molecule has 0 bridgehead atoms. The Labute approximate surface area is 117 Å². The lowest BCUT2D eigenvalue weighted by atomic mass is 10.1. The highest BCUT2D eigenvalue weighted by molar-refractivity contribution is 14.1. The van der Waals surface area contributed by atoms with Crippen LogP contribution in [0.25, 0.3) is 0 Å². The van der Waals surface area contributed by atoms with Gasteiger partial charge < -0.3 is 10.6 Å². The molecule has 1 aliphatic heterocycles. The van der Waals surface area contributed by atoms with Crippen LogP contribution < -0.4 is 5.73 Å². The van der Waals surface area contributed by atoms with E-state index in [0.717, 1.165) is 32.7 Å². The molecule has 1 aromatic carbocycles. The zero-order chi connectivity index (χ0) is 12.3. The summed E-state index contributed by atoms with van der Waals surface area (Å²) < 4.78 is 1.30. The number of hydrogen-bond acceptors (Lipinski definition) is 3. The highest BCUT2D eigenvalue weighted by Crippen LogP contribution is 2.14. The van der Waals surface area contributed by atoms with Gasteiger partial charge in [0.2, 0.25) is 0 Å². The molecule has 17 heavy (non-hydrogen) atoms. The van der Waals surface area contributed by atoms with E-state index in [1.807, 2.05) is 0 Å². The fraction of sp³-hybridized carbons (Fsp3) is 0.538. The van der Waals surface area contributed by atoms with Crippen molar-refractivity contribution in [3.63, 3.8) is 0 Å². The molecule has 1 heterocycles. The lowest BCUT2D eigenvalue weighted by Crippen LogP contribution is -2.54. The summed E-state index contributed by atoms with van der Waals surface area (Å²) in [6, 6.07) is 9.21. The first-order valence-corrected chi connectivity index (χ1v) is 7.14. The van der Waals surface area contributed by atoms with Gasteiger partial charge in [0.05, 0.1) is 0 Å². The quantitative estimate of drug-likeness (QED) is 0.840. The minimum Gasteiger partial charge on any atom is -0.329 e. The first-order chi connectivity index (χ1) is 8.19. The standard InChI is InChI=1S/C13H20IN3/c1-16-5-6-17(13(8-15)10-16)9-11-3-2-4-12(14)7-11/h2-4,7,13H,5-6,8-10,15H2,1H3. The minimum atomic E-state index is 0.492. The number of piperazine rings is 1. The lowest BCUT2D eigenvalue weighted by molar-refractivity contribution is 0.0881. The van der Waals surface area contributed by atoms with Crippen LogP contribution in [0.3, 0.4) is 0 Å². The van der Waals surface area contributed by atoms with Crippen molar-refractivity contribution in [1.82, 2.24) is 9.80 Å². The molecule has 1 fully saturated rings. The second kappa shape index (κ2) is 6.13. The first-order valence-electron chi connectivity index (χ1n) is 6.06. The monoisotopic (exact) mass is 345 g/mol. The molecule has 1 aliphatic rings. The normalized spacial score (nSPS) is 22.9. The van der Waals surface area contributed by atoms with Gasteiger partial charge in [0, 0.05) is 42.3 Å². The molecule has 1 saturated heterocycles. The van der Waals surface area contributed by atoms with Gasteiger partial charge in [-0.25, -0.2) is 0 Å². The second-order valence-corrected chi connectivity index (χ2v) is 6.00. The van der Waals surface area contributed by atoms with Crippen molar-refractivity contribution in [1.29, 1.82) is 0 Å². The Morgan fingerprint density at radius 3 is 2.94 bits per heavy atom.